The van der Waals surface area contributed by atoms with Gasteiger partial charge in [-0.05, 0) is 61.4 Å². The zero-order valence-electron chi connectivity index (χ0n) is 15.6. The molecule has 1 heterocycles. The first kappa shape index (κ1) is 17.5. The lowest BCUT2D eigenvalue weighted by Crippen LogP contribution is -2.43. The third-order valence-electron chi connectivity index (χ3n) is 4.82. The van der Waals surface area contributed by atoms with Gasteiger partial charge in [-0.3, -0.25) is 4.79 Å². The van der Waals surface area contributed by atoms with Crippen LogP contribution in [-0.2, 0) is 11.2 Å². The number of rotatable bonds is 4. The molecule has 0 saturated carbocycles. The number of aryl methyl sites for hydroxylation is 2. The molecule has 25 heavy (non-hydrogen) atoms. The Balaban J connectivity index is 1.82. The molecule has 0 radical (unpaired) electrons. The van der Waals surface area contributed by atoms with Gasteiger partial charge in [0.1, 0.15) is 5.75 Å². The molecule has 1 aliphatic rings. The summed E-state index contributed by atoms with van der Waals surface area (Å²) in [6.07, 6.45) is 1.52. The molecule has 0 saturated heterocycles. The molecule has 0 N–H and O–H groups in total. The van der Waals surface area contributed by atoms with Crippen molar-refractivity contribution in [2.24, 2.45) is 0 Å². The van der Waals surface area contributed by atoms with Crippen LogP contribution in [0.25, 0.3) is 0 Å². The topological polar surface area (TPSA) is 29.5 Å². The molecular formula is C22H27NO2. The molecule has 1 amide bonds. The van der Waals surface area contributed by atoms with E-state index in [1.165, 1.54) is 5.56 Å². The molecule has 1 aliphatic heterocycles. The Morgan fingerprint density at radius 2 is 1.88 bits per heavy atom. The van der Waals surface area contributed by atoms with Crippen LogP contribution in [0.15, 0.2) is 42.5 Å². The van der Waals surface area contributed by atoms with Gasteiger partial charge < -0.3 is 9.64 Å². The van der Waals surface area contributed by atoms with Crippen LogP contribution >= 0.6 is 0 Å². The molecule has 3 nitrogen and oxygen atoms in total. The average Bonchev–Trinajstić information content (AvgIpc) is 2.60. The van der Waals surface area contributed by atoms with Crippen LogP contribution in [0.5, 0.6) is 5.75 Å². The van der Waals surface area contributed by atoms with Crippen LogP contribution in [0, 0.1) is 6.92 Å². The molecule has 0 spiro atoms. The Labute approximate surface area is 150 Å². The zero-order valence-corrected chi connectivity index (χ0v) is 15.6. The summed E-state index contributed by atoms with van der Waals surface area (Å²) in [5, 5.41) is 0. The van der Waals surface area contributed by atoms with Crippen molar-refractivity contribution in [1.29, 1.82) is 0 Å². The summed E-state index contributed by atoms with van der Waals surface area (Å²) in [7, 11) is 0. The molecule has 0 aliphatic carbocycles. The van der Waals surface area contributed by atoms with Crippen LogP contribution in [-0.4, -0.2) is 18.6 Å². The standard InChI is InChI=1S/C22H27NO2/c1-15(2)19-12-11-16(3)14-21(19)25-17(4)22(24)23-13-7-9-18-8-5-6-10-20(18)23/h5-6,8,10-12,14-15,17H,7,9,13H2,1-4H3. The second-order valence-corrected chi connectivity index (χ2v) is 7.18. The van der Waals surface area contributed by atoms with Crippen molar-refractivity contribution in [3.05, 3.63) is 59.2 Å². The fourth-order valence-corrected chi connectivity index (χ4v) is 3.44. The van der Waals surface area contributed by atoms with Crippen molar-refractivity contribution in [2.75, 3.05) is 11.4 Å². The van der Waals surface area contributed by atoms with E-state index >= 15 is 0 Å². The summed E-state index contributed by atoms with van der Waals surface area (Å²) in [5.74, 6) is 1.21. The number of hydrogen-bond donors (Lipinski definition) is 0. The number of amides is 1. The minimum Gasteiger partial charge on any atom is -0.481 e. The molecule has 0 bridgehead atoms. The van der Waals surface area contributed by atoms with E-state index in [1.807, 2.05) is 43.0 Å². The van der Waals surface area contributed by atoms with Crippen LogP contribution in [0.1, 0.15) is 49.8 Å². The maximum absolute atomic E-state index is 13.0. The molecule has 2 aromatic rings. The van der Waals surface area contributed by atoms with Crippen molar-refractivity contribution >= 4 is 11.6 Å². The summed E-state index contributed by atoms with van der Waals surface area (Å²) < 4.78 is 6.13. The van der Waals surface area contributed by atoms with Crippen molar-refractivity contribution < 1.29 is 9.53 Å². The van der Waals surface area contributed by atoms with Crippen molar-refractivity contribution in [2.45, 2.75) is 52.6 Å². The van der Waals surface area contributed by atoms with E-state index in [9.17, 15) is 4.79 Å². The van der Waals surface area contributed by atoms with Gasteiger partial charge in [-0.2, -0.15) is 0 Å². The molecule has 1 unspecified atom stereocenters. The number of para-hydroxylation sites is 1. The SMILES string of the molecule is Cc1ccc(C(C)C)c(OC(C)C(=O)N2CCCc3ccccc32)c1. The van der Waals surface area contributed by atoms with E-state index in [4.69, 9.17) is 4.74 Å². The molecule has 1 atom stereocenters. The predicted octanol–water partition coefficient (Wildman–Crippen LogP) is 4.87. The molecule has 2 aromatic carbocycles. The highest BCUT2D eigenvalue weighted by Crippen LogP contribution is 2.30. The monoisotopic (exact) mass is 337 g/mol. The lowest BCUT2D eigenvalue weighted by molar-refractivity contribution is -0.124. The maximum Gasteiger partial charge on any atom is 0.267 e. The second kappa shape index (κ2) is 7.30. The van der Waals surface area contributed by atoms with Gasteiger partial charge in [0.2, 0.25) is 0 Å². The normalized spacial score (nSPS) is 15.0. The quantitative estimate of drug-likeness (QED) is 0.797. The van der Waals surface area contributed by atoms with Crippen LogP contribution < -0.4 is 9.64 Å². The molecule has 132 valence electrons. The molecule has 0 aromatic heterocycles. The number of nitrogens with zero attached hydrogens (tertiary/aromatic N) is 1. The molecular weight excluding hydrogens is 310 g/mol. The summed E-state index contributed by atoms with van der Waals surface area (Å²) in [5.41, 5.74) is 4.56. The zero-order chi connectivity index (χ0) is 18.0. The third-order valence-corrected chi connectivity index (χ3v) is 4.82. The van der Waals surface area contributed by atoms with Gasteiger partial charge in [0.25, 0.3) is 5.91 Å². The average molecular weight is 337 g/mol. The van der Waals surface area contributed by atoms with Crippen molar-refractivity contribution in [3.63, 3.8) is 0 Å². The Bertz CT molecular complexity index is 766. The van der Waals surface area contributed by atoms with E-state index in [2.05, 4.69) is 32.0 Å². The first-order valence-electron chi connectivity index (χ1n) is 9.14. The highest BCUT2D eigenvalue weighted by atomic mass is 16.5. The van der Waals surface area contributed by atoms with Gasteiger partial charge in [-0.1, -0.05) is 44.2 Å². The third kappa shape index (κ3) is 3.71. The van der Waals surface area contributed by atoms with Gasteiger partial charge >= 0.3 is 0 Å². The Kier molecular flexibility index (Phi) is 5.12. The van der Waals surface area contributed by atoms with E-state index in [1.54, 1.807) is 0 Å². The van der Waals surface area contributed by atoms with E-state index in [0.717, 1.165) is 42.0 Å². The second-order valence-electron chi connectivity index (χ2n) is 7.18. The number of ether oxygens (including phenoxy) is 1. The van der Waals surface area contributed by atoms with Gasteiger partial charge in [-0.15, -0.1) is 0 Å². The van der Waals surface area contributed by atoms with E-state index < -0.39 is 6.10 Å². The Morgan fingerprint density at radius 3 is 2.64 bits per heavy atom. The maximum atomic E-state index is 13.0. The van der Waals surface area contributed by atoms with E-state index in [0.29, 0.717) is 5.92 Å². The number of fused-ring (bicyclic) bond motifs is 1. The Morgan fingerprint density at radius 1 is 1.12 bits per heavy atom. The van der Waals surface area contributed by atoms with Gasteiger partial charge in [-0.25, -0.2) is 0 Å². The molecule has 3 rings (SSSR count). The van der Waals surface area contributed by atoms with Crippen molar-refractivity contribution in [3.8, 4) is 5.75 Å². The minimum absolute atomic E-state index is 0.0309. The van der Waals surface area contributed by atoms with E-state index in [-0.39, 0.29) is 5.91 Å². The number of carbonyl (C=O) groups is 1. The number of carbonyl (C=O) groups excluding carboxylic acids is 1. The van der Waals surface area contributed by atoms with Crippen LogP contribution in [0.2, 0.25) is 0 Å². The lowest BCUT2D eigenvalue weighted by atomic mass is 10.00. The first-order valence-corrected chi connectivity index (χ1v) is 9.14. The highest BCUT2D eigenvalue weighted by Gasteiger charge is 2.27. The van der Waals surface area contributed by atoms with Crippen LogP contribution in [0.3, 0.4) is 0 Å². The predicted molar refractivity (Wildman–Crippen MR) is 102 cm³/mol. The molecule has 0 fully saturated rings. The smallest absolute Gasteiger partial charge is 0.267 e. The van der Waals surface area contributed by atoms with Gasteiger partial charge in [0, 0.05) is 12.2 Å². The van der Waals surface area contributed by atoms with Gasteiger partial charge in [0.15, 0.2) is 6.10 Å². The lowest BCUT2D eigenvalue weighted by Gasteiger charge is -2.31. The highest BCUT2D eigenvalue weighted by molar-refractivity contribution is 5.97. The van der Waals surface area contributed by atoms with Gasteiger partial charge in [0.05, 0.1) is 0 Å². The summed E-state index contributed by atoms with van der Waals surface area (Å²) >= 11 is 0. The van der Waals surface area contributed by atoms with Crippen molar-refractivity contribution in [1.82, 2.24) is 0 Å². The fourth-order valence-electron chi connectivity index (χ4n) is 3.44. The number of benzene rings is 2. The van der Waals surface area contributed by atoms with Crippen LogP contribution in [0.4, 0.5) is 5.69 Å². The number of anilines is 1. The largest absolute Gasteiger partial charge is 0.481 e. The molecule has 3 heteroatoms. The minimum atomic E-state index is -0.509. The fraction of sp³-hybridized carbons (Fsp3) is 0.409. The summed E-state index contributed by atoms with van der Waals surface area (Å²) in [6, 6.07) is 14.4. The summed E-state index contributed by atoms with van der Waals surface area (Å²) in [6.45, 7) is 8.94. The summed E-state index contributed by atoms with van der Waals surface area (Å²) in [4.78, 5) is 14.9. The number of hydrogen-bond acceptors (Lipinski definition) is 2. The Hall–Kier alpha value is -2.29. The first-order chi connectivity index (χ1) is 12.0.